The number of hydrogen-bond acceptors (Lipinski definition) is 3. The van der Waals surface area contributed by atoms with Crippen LogP contribution in [0.1, 0.15) is 16.1 Å². The van der Waals surface area contributed by atoms with Crippen molar-refractivity contribution in [3.63, 3.8) is 0 Å². The Hall–Kier alpha value is -3.35. The van der Waals surface area contributed by atoms with Crippen LogP contribution in [0.15, 0.2) is 59.4 Å². The van der Waals surface area contributed by atoms with Gasteiger partial charge in [-0.2, -0.15) is 4.98 Å². The quantitative estimate of drug-likeness (QED) is 0.766. The molecule has 126 valence electrons. The number of carbonyl (C=O) groups is 1. The molecule has 0 aliphatic carbocycles. The molecule has 25 heavy (non-hydrogen) atoms. The molecule has 5 nitrogen and oxygen atoms in total. The van der Waals surface area contributed by atoms with Gasteiger partial charge >= 0.3 is 5.69 Å². The number of amides is 1. The lowest BCUT2D eigenvalue weighted by molar-refractivity contribution is 0.0945. The molecule has 1 amide bonds. The molecule has 0 fully saturated rings. The minimum atomic E-state index is -0.710. The molecule has 3 rings (SSSR count). The van der Waals surface area contributed by atoms with Crippen molar-refractivity contribution in [2.75, 3.05) is 0 Å². The van der Waals surface area contributed by atoms with E-state index in [1.807, 2.05) is 0 Å². The number of nitrogens with one attached hydrogen (secondary N) is 2. The maximum absolute atomic E-state index is 13.6. The van der Waals surface area contributed by atoms with Gasteiger partial charge in [-0.05, 0) is 36.4 Å². The fourth-order valence-corrected chi connectivity index (χ4v) is 2.26. The van der Waals surface area contributed by atoms with Gasteiger partial charge < -0.3 is 10.3 Å². The Labute approximate surface area is 141 Å². The third kappa shape index (κ3) is 3.95. The van der Waals surface area contributed by atoms with Crippen LogP contribution in [0.3, 0.4) is 0 Å². The fraction of sp³-hybridized carbons (Fsp3) is 0.0556. The molecule has 0 spiro atoms. The van der Waals surface area contributed by atoms with Crippen LogP contribution in [-0.4, -0.2) is 15.9 Å². The second-order valence-corrected chi connectivity index (χ2v) is 5.27. The smallest absolute Gasteiger partial charge is 0.346 e. The van der Waals surface area contributed by atoms with E-state index < -0.39 is 23.2 Å². The van der Waals surface area contributed by atoms with Gasteiger partial charge in [-0.3, -0.25) is 4.79 Å². The van der Waals surface area contributed by atoms with Crippen molar-refractivity contribution in [1.82, 2.24) is 15.3 Å². The van der Waals surface area contributed by atoms with Crippen LogP contribution in [-0.2, 0) is 6.54 Å². The van der Waals surface area contributed by atoms with Gasteiger partial charge in [-0.1, -0.05) is 18.2 Å². The van der Waals surface area contributed by atoms with Crippen LogP contribution in [0.2, 0.25) is 0 Å². The van der Waals surface area contributed by atoms with Gasteiger partial charge in [0.25, 0.3) is 5.91 Å². The van der Waals surface area contributed by atoms with Crippen molar-refractivity contribution >= 4 is 5.91 Å². The lowest BCUT2D eigenvalue weighted by Crippen LogP contribution is -2.27. The van der Waals surface area contributed by atoms with Crippen LogP contribution in [0, 0.1) is 11.6 Å². The fourth-order valence-electron chi connectivity index (χ4n) is 2.26. The predicted molar refractivity (Wildman–Crippen MR) is 87.8 cm³/mol. The molecule has 0 atom stereocenters. The minimum absolute atomic E-state index is 0.0179. The Bertz CT molecular complexity index is 969. The van der Waals surface area contributed by atoms with E-state index in [1.54, 1.807) is 18.2 Å². The number of benzene rings is 2. The van der Waals surface area contributed by atoms with E-state index in [1.165, 1.54) is 36.4 Å². The molecule has 0 aliphatic rings. The number of aromatic amines is 1. The number of carbonyl (C=O) groups excluding carboxylic acids is 1. The van der Waals surface area contributed by atoms with Gasteiger partial charge in [-0.25, -0.2) is 13.6 Å². The van der Waals surface area contributed by atoms with Crippen molar-refractivity contribution in [1.29, 1.82) is 0 Å². The van der Waals surface area contributed by atoms with E-state index in [4.69, 9.17) is 0 Å². The molecule has 7 heteroatoms. The summed E-state index contributed by atoms with van der Waals surface area (Å²) in [5.41, 5.74) is 0.329. The van der Waals surface area contributed by atoms with E-state index in [0.29, 0.717) is 11.1 Å². The Morgan fingerprint density at radius 3 is 2.52 bits per heavy atom. The molecule has 0 bridgehead atoms. The summed E-state index contributed by atoms with van der Waals surface area (Å²) in [6.45, 7) is -0.0261. The molecule has 2 N–H and O–H groups in total. The average molecular weight is 341 g/mol. The van der Waals surface area contributed by atoms with Crippen LogP contribution < -0.4 is 11.0 Å². The Morgan fingerprint density at radius 1 is 1.08 bits per heavy atom. The van der Waals surface area contributed by atoms with E-state index in [0.717, 1.165) is 0 Å². The molecule has 1 heterocycles. The van der Waals surface area contributed by atoms with Gasteiger partial charge in [0.05, 0.1) is 5.69 Å². The molecule has 1 aromatic heterocycles. The van der Waals surface area contributed by atoms with Crippen molar-refractivity contribution < 1.29 is 13.6 Å². The predicted octanol–water partition coefficient (Wildman–Crippen LogP) is 2.65. The highest BCUT2D eigenvalue weighted by molar-refractivity contribution is 5.93. The summed E-state index contributed by atoms with van der Waals surface area (Å²) in [5, 5.41) is 2.53. The number of H-pyrrole nitrogens is 1. The molecule has 0 saturated carbocycles. The zero-order valence-corrected chi connectivity index (χ0v) is 12.9. The summed E-state index contributed by atoms with van der Waals surface area (Å²) in [5.74, 6) is -1.43. The number of aromatic nitrogens is 2. The SMILES string of the molecule is O=C(NCc1ccccc1F)c1cc(-c2ccc(F)cc2)nc(=O)[nH]1. The molecular weight excluding hydrogens is 328 g/mol. The maximum Gasteiger partial charge on any atom is 0.346 e. The standard InChI is InChI=1S/C18H13F2N3O2/c19-13-7-5-11(6-8-13)15-9-16(23-18(25)22-15)17(24)21-10-12-3-1-2-4-14(12)20/h1-9H,10H2,(H,21,24)(H,22,23,25). The summed E-state index contributed by atoms with van der Waals surface area (Å²) < 4.78 is 26.6. The second-order valence-electron chi connectivity index (χ2n) is 5.27. The normalized spacial score (nSPS) is 10.5. The van der Waals surface area contributed by atoms with Gasteiger partial charge in [0.1, 0.15) is 17.3 Å². The van der Waals surface area contributed by atoms with Crippen molar-refractivity contribution in [2.24, 2.45) is 0 Å². The van der Waals surface area contributed by atoms with Gasteiger partial charge in [0, 0.05) is 17.7 Å². The average Bonchev–Trinajstić information content (AvgIpc) is 2.61. The third-order valence-corrected chi connectivity index (χ3v) is 3.53. The molecule has 3 aromatic rings. The first kappa shape index (κ1) is 16.5. The molecule has 0 aliphatic heterocycles. The molecule has 0 radical (unpaired) electrons. The summed E-state index contributed by atoms with van der Waals surface area (Å²) in [7, 11) is 0. The van der Waals surface area contributed by atoms with E-state index >= 15 is 0 Å². The summed E-state index contributed by atoms with van der Waals surface area (Å²) >= 11 is 0. The van der Waals surface area contributed by atoms with Gasteiger partial charge in [0.15, 0.2) is 0 Å². The molecule has 0 saturated heterocycles. The van der Waals surface area contributed by atoms with Crippen LogP contribution in [0.25, 0.3) is 11.3 Å². The summed E-state index contributed by atoms with van der Waals surface area (Å²) in [6, 6.07) is 12.8. The van der Waals surface area contributed by atoms with E-state index in [-0.39, 0.29) is 17.9 Å². The topological polar surface area (TPSA) is 74.8 Å². The first-order valence-electron chi connectivity index (χ1n) is 7.42. The number of halogens is 2. The van der Waals surface area contributed by atoms with Gasteiger partial charge in [0.2, 0.25) is 0 Å². The van der Waals surface area contributed by atoms with Crippen molar-refractivity contribution in [3.8, 4) is 11.3 Å². The van der Waals surface area contributed by atoms with Gasteiger partial charge in [-0.15, -0.1) is 0 Å². The first-order valence-corrected chi connectivity index (χ1v) is 7.42. The van der Waals surface area contributed by atoms with Crippen LogP contribution in [0.5, 0.6) is 0 Å². The summed E-state index contributed by atoms with van der Waals surface area (Å²) in [6.07, 6.45) is 0. The van der Waals surface area contributed by atoms with E-state index in [9.17, 15) is 18.4 Å². The highest BCUT2D eigenvalue weighted by Gasteiger charge is 2.11. The molecular formula is C18H13F2N3O2. The number of nitrogens with zero attached hydrogens (tertiary/aromatic N) is 1. The first-order chi connectivity index (χ1) is 12.0. The Kier molecular flexibility index (Phi) is 4.65. The highest BCUT2D eigenvalue weighted by atomic mass is 19.1. The Balaban J connectivity index is 1.82. The third-order valence-electron chi connectivity index (χ3n) is 3.53. The lowest BCUT2D eigenvalue weighted by atomic mass is 10.1. The van der Waals surface area contributed by atoms with Crippen molar-refractivity contribution in [2.45, 2.75) is 6.54 Å². The zero-order chi connectivity index (χ0) is 17.8. The van der Waals surface area contributed by atoms with Crippen LogP contribution in [0.4, 0.5) is 8.78 Å². The maximum atomic E-state index is 13.6. The van der Waals surface area contributed by atoms with E-state index in [2.05, 4.69) is 15.3 Å². The van der Waals surface area contributed by atoms with Crippen molar-refractivity contribution in [3.05, 3.63) is 88.0 Å². The lowest BCUT2D eigenvalue weighted by Gasteiger charge is -2.07. The monoisotopic (exact) mass is 341 g/mol. The highest BCUT2D eigenvalue weighted by Crippen LogP contribution is 2.16. The number of rotatable bonds is 4. The zero-order valence-electron chi connectivity index (χ0n) is 12.9. The largest absolute Gasteiger partial charge is 0.347 e. The Morgan fingerprint density at radius 2 is 1.80 bits per heavy atom. The molecule has 2 aromatic carbocycles. The second kappa shape index (κ2) is 7.04. The van der Waals surface area contributed by atoms with Crippen LogP contribution >= 0.6 is 0 Å². The number of hydrogen-bond donors (Lipinski definition) is 2. The molecule has 0 unspecified atom stereocenters. The summed E-state index contributed by atoms with van der Waals surface area (Å²) in [4.78, 5) is 30.0. The minimum Gasteiger partial charge on any atom is -0.347 e.